The van der Waals surface area contributed by atoms with Gasteiger partial charge in [0.1, 0.15) is 11.5 Å². The zero-order chi connectivity index (χ0) is 17.6. The lowest BCUT2D eigenvalue weighted by Gasteiger charge is -2.44. The minimum absolute atomic E-state index is 0.125. The quantitative estimate of drug-likeness (QED) is 0.806. The van der Waals surface area contributed by atoms with Crippen LogP contribution in [-0.2, 0) is 16.6 Å². The summed E-state index contributed by atoms with van der Waals surface area (Å²) in [6.07, 6.45) is 3.31. The molecule has 0 fully saturated rings. The Morgan fingerprint density at radius 1 is 1.12 bits per heavy atom. The van der Waals surface area contributed by atoms with Crippen molar-refractivity contribution in [1.82, 2.24) is 0 Å². The van der Waals surface area contributed by atoms with E-state index >= 15 is 0 Å². The highest BCUT2D eigenvalue weighted by Crippen LogP contribution is 2.54. The SMILES string of the molecule is COc1cc(C(C)C)c(OC)c2c1[C@@]1(C)CCC(=O)C(C)=C1CC2. The topological polar surface area (TPSA) is 35.5 Å². The average molecular weight is 328 g/mol. The first-order valence-corrected chi connectivity index (χ1v) is 8.86. The third kappa shape index (κ3) is 2.28. The van der Waals surface area contributed by atoms with E-state index in [9.17, 15) is 4.79 Å². The molecule has 3 rings (SSSR count). The van der Waals surface area contributed by atoms with Gasteiger partial charge in [-0.1, -0.05) is 26.3 Å². The van der Waals surface area contributed by atoms with E-state index in [1.807, 2.05) is 6.92 Å². The second-order valence-electron chi connectivity index (χ2n) is 7.57. The van der Waals surface area contributed by atoms with Crippen LogP contribution >= 0.6 is 0 Å². The standard InChI is InChI=1S/C21H28O3/c1-12(2)15-11-18(23-5)19-14(20(15)24-6)7-8-16-13(3)17(22)9-10-21(16,19)4/h11-12H,7-10H2,1-6H3/t21-/m0/s1. The molecule has 3 heteroatoms. The van der Waals surface area contributed by atoms with Gasteiger partial charge in [0.25, 0.3) is 0 Å². The Hall–Kier alpha value is -1.77. The number of carbonyl (C=O) groups is 1. The Bertz CT molecular complexity index is 727. The number of fused-ring (bicyclic) bond motifs is 3. The third-order valence-electron chi connectivity index (χ3n) is 5.98. The van der Waals surface area contributed by atoms with Crippen LogP contribution in [0, 0.1) is 0 Å². The number of carbonyl (C=O) groups excluding carboxylic acids is 1. The predicted octanol–water partition coefficient (Wildman–Crippen LogP) is 4.71. The summed E-state index contributed by atoms with van der Waals surface area (Å²) in [7, 11) is 3.51. The van der Waals surface area contributed by atoms with Crippen LogP contribution in [0.2, 0.25) is 0 Å². The van der Waals surface area contributed by atoms with Crippen LogP contribution in [-0.4, -0.2) is 20.0 Å². The van der Waals surface area contributed by atoms with E-state index in [2.05, 4.69) is 26.8 Å². The fourth-order valence-corrected chi connectivity index (χ4v) is 4.66. The summed E-state index contributed by atoms with van der Waals surface area (Å²) in [6.45, 7) is 8.63. The first-order valence-electron chi connectivity index (χ1n) is 8.86. The molecule has 0 bridgehead atoms. The zero-order valence-electron chi connectivity index (χ0n) is 15.7. The highest BCUT2D eigenvalue weighted by atomic mass is 16.5. The summed E-state index contributed by atoms with van der Waals surface area (Å²) < 4.78 is 11.7. The van der Waals surface area contributed by atoms with Gasteiger partial charge in [-0.2, -0.15) is 0 Å². The van der Waals surface area contributed by atoms with E-state index in [-0.39, 0.29) is 5.41 Å². The van der Waals surface area contributed by atoms with E-state index in [4.69, 9.17) is 9.47 Å². The van der Waals surface area contributed by atoms with Crippen molar-refractivity contribution >= 4 is 5.78 Å². The van der Waals surface area contributed by atoms with Crippen LogP contribution in [0.3, 0.4) is 0 Å². The summed E-state index contributed by atoms with van der Waals surface area (Å²) in [5, 5.41) is 0. The van der Waals surface area contributed by atoms with Crippen molar-refractivity contribution in [1.29, 1.82) is 0 Å². The number of ketones is 1. The van der Waals surface area contributed by atoms with Gasteiger partial charge in [-0.25, -0.2) is 0 Å². The lowest BCUT2D eigenvalue weighted by Crippen LogP contribution is -2.36. The zero-order valence-corrected chi connectivity index (χ0v) is 15.7. The van der Waals surface area contributed by atoms with Gasteiger partial charge in [0, 0.05) is 28.5 Å². The van der Waals surface area contributed by atoms with Crippen molar-refractivity contribution < 1.29 is 14.3 Å². The van der Waals surface area contributed by atoms with Crippen molar-refractivity contribution in [3.05, 3.63) is 33.9 Å². The van der Waals surface area contributed by atoms with Gasteiger partial charge < -0.3 is 9.47 Å². The van der Waals surface area contributed by atoms with E-state index in [1.54, 1.807) is 14.2 Å². The van der Waals surface area contributed by atoms with Crippen LogP contribution in [0.15, 0.2) is 17.2 Å². The monoisotopic (exact) mass is 328 g/mol. The molecule has 0 radical (unpaired) electrons. The molecular formula is C21H28O3. The fourth-order valence-electron chi connectivity index (χ4n) is 4.66. The highest BCUT2D eigenvalue weighted by molar-refractivity contribution is 5.97. The largest absolute Gasteiger partial charge is 0.496 e. The van der Waals surface area contributed by atoms with Crippen LogP contribution < -0.4 is 9.47 Å². The average Bonchev–Trinajstić information content (AvgIpc) is 2.56. The highest BCUT2D eigenvalue weighted by Gasteiger charge is 2.44. The Balaban J connectivity index is 2.33. The maximum atomic E-state index is 12.2. The smallest absolute Gasteiger partial charge is 0.158 e. The van der Waals surface area contributed by atoms with Gasteiger partial charge in [-0.05, 0) is 43.7 Å². The van der Waals surface area contributed by atoms with Crippen molar-refractivity contribution in [2.75, 3.05) is 14.2 Å². The normalized spacial score (nSPS) is 23.2. The third-order valence-corrected chi connectivity index (χ3v) is 5.98. The van der Waals surface area contributed by atoms with E-state index in [0.29, 0.717) is 18.1 Å². The van der Waals surface area contributed by atoms with Gasteiger partial charge in [-0.15, -0.1) is 0 Å². The second-order valence-corrected chi connectivity index (χ2v) is 7.57. The summed E-state index contributed by atoms with van der Waals surface area (Å²) in [6, 6.07) is 2.14. The summed E-state index contributed by atoms with van der Waals surface area (Å²) in [4.78, 5) is 12.2. The summed E-state index contributed by atoms with van der Waals surface area (Å²) in [5.74, 6) is 2.63. The van der Waals surface area contributed by atoms with Gasteiger partial charge in [0.15, 0.2) is 5.78 Å². The number of rotatable bonds is 3. The summed E-state index contributed by atoms with van der Waals surface area (Å²) in [5.41, 5.74) is 5.84. The van der Waals surface area contributed by atoms with Crippen molar-refractivity contribution in [2.45, 2.75) is 64.7 Å². The fraction of sp³-hybridized carbons (Fsp3) is 0.571. The molecule has 2 aliphatic carbocycles. The van der Waals surface area contributed by atoms with E-state index in [0.717, 1.165) is 36.3 Å². The number of Topliss-reactive ketones (excluding diaryl/α,β-unsaturated/α-hetero) is 1. The maximum absolute atomic E-state index is 12.2. The molecule has 1 atom stereocenters. The molecule has 0 aliphatic heterocycles. The number of hydrogen-bond acceptors (Lipinski definition) is 3. The molecule has 1 aromatic rings. The van der Waals surface area contributed by atoms with Gasteiger partial charge in [0.05, 0.1) is 14.2 Å². The molecule has 0 heterocycles. The van der Waals surface area contributed by atoms with Gasteiger partial charge >= 0.3 is 0 Å². The Morgan fingerprint density at radius 2 is 1.83 bits per heavy atom. The molecule has 0 N–H and O–H groups in total. The number of methoxy groups -OCH3 is 2. The molecule has 1 aromatic carbocycles. The molecule has 24 heavy (non-hydrogen) atoms. The first-order chi connectivity index (χ1) is 11.3. The van der Waals surface area contributed by atoms with Gasteiger partial charge in [0.2, 0.25) is 0 Å². The molecule has 2 aliphatic rings. The molecule has 0 spiro atoms. The van der Waals surface area contributed by atoms with Crippen LogP contribution in [0.5, 0.6) is 11.5 Å². The Kier molecular flexibility index (Phi) is 4.23. The lowest BCUT2D eigenvalue weighted by atomic mass is 9.60. The molecule has 130 valence electrons. The van der Waals surface area contributed by atoms with Crippen molar-refractivity contribution in [3.8, 4) is 11.5 Å². The van der Waals surface area contributed by atoms with E-state index in [1.165, 1.54) is 22.3 Å². The Morgan fingerprint density at radius 3 is 2.42 bits per heavy atom. The van der Waals surface area contributed by atoms with Crippen LogP contribution in [0.25, 0.3) is 0 Å². The van der Waals surface area contributed by atoms with Crippen LogP contribution in [0.4, 0.5) is 0 Å². The van der Waals surface area contributed by atoms with Crippen molar-refractivity contribution in [3.63, 3.8) is 0 Å². The minimum Gasteiger partial charge on any atom is -0.496 e. The molecule has 0 saturated heterocycles. The number of allylic oxidation sites excluding steroid dienone is 2. The molecule has 0 amide bonds. The summed E-state index contributed by atoms with van der Waals surface area (Å²) >= 11 is 0. The van der Waals surface area contributed by atoms with E-state index < -0.39 is 0 Å². The minimum atomic E-state index is -0.125. The predicted molar refractivity (Wildman–Crippen MR) is 96.2 cm³/mol. The molecule has 0 saturated carbocycles. The number of benzene rings is 1. The van der Waals surface area contributed by atoms with Crippen LogP contribution in [0.1, 0.15) is 69.6 Å². The molecule has 0 unspecified atom stereocenters. The molecular weight excluding hydrogens is 300 g/mol. The number of ether oxygens (including phenoxy) is 2. The first kappa shape index (κ1) is 17.1. The molecule has 3 nitrogen and oxygen atoms in total. The van der Waals surface area contributed by atoms with Gasteiger partial charge in [-0.3, -0.25) is 4.79 Å². The molecule has 0 aromatic heterocycles. The second kappa shape index (κ2) is 5.94. The maximum Gasteiger partial charge on any atom is 0.158 e. The van der Waals surface area contributed by atoms with Crippen molar-refractivity contribution in [2.24, 2.45) is 0 Å². The lowest BCUT2D eigenvalue weighted by molar-refractivity contribution is -0.116. The number of hydrogen-bond donors (Lipinski definition) is 0. The Labute approximate surface area is 145 Å².